The molecule has 0 fully saturated rings. The Hall–Kier alpha value is -7.91. The number of methoxy groups -OCH3 is 3. The van der Waals surface area contributed by atoms with Crippen LogP contribution < -0.4 is 14.2 Å². The Kier molecular flexibility index (Phi) is 28.7. The van der Waals surface area contributed by atoms with Crippen LogP contribution in [0.3, 0.4) is 0 Å². The quantitative estimate of drug-likeness (QED) is 0.0121. The lowest BCUT2D eigenvalue weighted by Crippen LogP contribution is -1.99. The number of esters is 2. The zero-order valence-electron chi connectivity index (χ0n) is 41.0. The van der Waals surface area contributed by atoms with Gasteiger partial charge in [-0.3, -0.25) is 4.79 Å². The summed E-state index contributed by atoms with van der Waals surface area (Å²) in [7, 11) is 4.36. The van der Waals surface area contributed by atoms with Crippen molar-refractivity contribution in [3.05, 3.63) is 138 Å². The van der Waals surface area contributed by atoms with E-state index in [2.05, 4.69) is 44.1 Å². The van der Waals surface area contributed by atoms with Crippen LogP contribution in [-0.4, -0.2) is 89.0 Å². The normalized spacial score (nSPS) is 12.9. The number of unbranched alkanes of at least 4 members (excludes halogenated alkanes) is 6. The monoisotopic (exact) mass is 974 g/mol. The van der Waals surface area contributed by atoms with E-state index in [4.69, 9.17) is 33.9 Å². The molecule has 3 unspecified atom stereocenters. The minimum absolute atomic E-state index is 0.0245. The molecular weight excluding hydrogens is 909 g/mol. The summed E-state index contributed by atoms with van der Waals surface area (Å²) in [5.74, 6) is 10.3. The Morgan fingerprint density at radius 3 is 1.82 bits per heavy atom. The van der Waals surface area contributed by atoms with Gasteiger partial charge in [-0.15, -0.1) is 0 Å². The predicted molar refractivity (Wildman–Crippen MR) is 274 cm³/mol. The number of ether oxygens (including phenoxy) is 5. The molecule has 14 nitrogen and oxygen atoms in total. The van der Waals surface area contributed by atoms with Gasteiger partial charge in [-0.05, 0) is 115 Å². The number of carbonyl (C=O) groups excluding carboxylic acids is 3. The molecule has 0 bridgehead atoms. The fourth-order valence-electron chi connectivity index (χ4n) is 6.21. The first-order valence-electron chi connectivity index (χ1n) is 23.0. The largest absolute Gasteiger partial charge is 0.507 e. The third-order valence-corrected chi connectivity index (χ3v) is 10.0. The number of allylic oxidation sites excluding steroid dienone is 1. The number of carbonyl (C=O) groups is 3. The van der Waals surface area contributed by atoms with E-state index in [1.807, 2.05) is 12.1 Å². The topological polar surface area (TPSA) is 219 Å². The average molecular weight is 975 g/mol. The van der Waals surface area contributed by atoms with Gasteiger partial charge in [0.15, 0.2) is 34.5 Å². The average Bonchev–Trinajstić information content (AvgIpc) is 3.71. The highest BCUT2D eigenvalue weighted by molar-refractivity contribution is 5.96. The van der Waals surface area contributed by atoms with Crippen LogP contribution in [0.15, 0.2) is 110 Å². The zero-order chi connectivity index (χ0) is 52.4. The van der Waals surface area contributed by atoms with Crippen LogP contribution in [0.2, 0.25) is 0 Å². The molecule has 0 amide bonds. The summed E-state index contributed by atoms with van der Waals surface area (Å²) in [5, 5.41) is 56.2. The molecule has 378 valence electrons. The second-order valence-electron chi connectivity index (χ2n) is 15.4. The maximum Gasteiger partial charge on any atom is 0.342 e. The van der Waals surface area contributed by atoms with E-state index >= 15 is 0 Å². The number of aliphatic hydroxyl groups is 2. The molecule has 0 aromatic heterocycles. The molecule has 6 N–H and O–H groups in total. The summed E-state index contributed by atoms with van der Waals surface area (Å²) in [6.07, 6.45) is 20.3. The molecule has 1 aliphatic heterocycles. The van der Waals surface area contributed by atoms with E-state index < -0.39 is 24.1 Å². The molecule has 1 aliphatic rings. The standard InChI is InChI=1S/C20H20O6.C17H24O2.C12H14O3.C8H8O3/c1-24-18-12-14(5-8-16(18)21)4-3-11-26-20(23)10-7-15-6-9-17(22)19(13-15)25-2;1-3-5-6-7-8-9-10-14-17(19)15-12-11-13-16(18)4-2;1-2-3-7-10-8-5-4-6-9(13)11(8)12(14)15-10;1-11-8-4-6(5-9)2-3-7(8)10/h3-10,12-13,21-22H,11H2,1-2H3;4,10,14,16-19H,2-3,5-9H2,1H3;4-6,10,13H,2-3,7H2,1H3;2-5,10H,1H3/b4-3+,10-7+;14-10-;;. The van der Waals surface area contributed by atoms with Gasteiger partial charge in [-0.2, -0.15) is 0 Å². The van der Waals surface area contributed by atoms with E-state index in [0.29, 0.717) is 40.2 Å². The summed E-state index contributed by atoms with van der Waals surface area (Å²) in [6.45, 7) is 7.79. The van der Waals surface area contributed by atoms with Gasteiger partial charge in [0, 0.05) is 17.2 Å². The van der Waals surface area contributed by atoms with Gasteiger partial charge < -0.3 is 54.3 Å². The molecule has 0 saturated carbocycles. The molecular formula is C57H66O14. The second kappa shape index (κ2) is 34.4. The molecule has 71 heavy (non-hydrogen) atoms. The lowest BCUT2D eigenvalue weighted by molar-refractivity contribution is -0.136. The van der Waals surface area contributed by atoms with E-state index in [0.717, 1.165) is 43.2 Å². The maximum absolute atomic E-state index is 11.7. The third kappa shape index (κ3) is 22.8. The molecule has 0 radical (unpaired) electrons. The Bertz CT molecular complexity index is 2520. The van der Waals surface area contributed by atoms with Gasteiger partial charge in [0.05, 0.1) is 21.3 Å². The highest BCUT2D eigenvalue weighted by atomic mass is 16.6. The minimum atomic E-state index is -0.856. The molecule has 1 heterocycles. The van der Waals surface area contributed by atoms with Crippen molar-refractivity contribution in [2.45, 2.75) is 89.9 Å². The second-order valence-corrected chi connectivity index (χ2v) is 15.4. The summed E-state index contributed by atoms with van der Waals surface area (Å²) in [4.78, 5) is 33.4. The van der Waals surface area contributed by atoms with E-state index in [1.54, 1.807) is 54.6 Å². The van der Waals surface area contributed by atoms with Gasteiger partial charge in [0.1, 0.15) is 42.5 Å². The number of phenols is 4. The van der Waals surface area contributed by atoms with Crippen molar-refractivity contribution in [2.75, 3.05) is 27.9 Å². The van der Waals surface area contributed by atoms with Gasteiger partial charge in [-0.1, -0.05) is 107 Å². The Balaban J connectivity index is 0.000000340. The van der Waals surface area contributed by atoms with Crippen LogP contribution in [0.5, 0.6) is 40.2 Å². The zero-order valence-corrected chi connectivity index (χ0v) is 41.0. The maximum atomic E-state index is 11.7. The molecule has 0 saturated heterocycles. The van der Waals surface area contributed by atoms with Gasteiger partial charge in [0.25, 0.3) is 0 Å². The highest BCUT2D eigenvalue weighted by Crippen LogP contribution is 2.38. The number of aromatic hydroxyl groups is 4. The van der Waals surface area contributed by atoms with Crippen molar-refractivity contribution in [3.63, 3.8) is 0 Å². The fraction of sp³-hybridized carbons (Fsp3) is 0.316. The van der Waals surface area contributed by atoms with Crippen molar-refractivity contribution in [3.8, 4) is 63.9 Å². The number of hydrogen-bond donors (Lipinski definition) is 6. The summed E-state index contributed by atoms with van der Waals surface area (Å²) in [6, 6.07) is 19.2. The molecule has 0 spiro atoms. The number of fused-ring (bicyclic) bond motifs is 1. The lowest BCUT2D eigenvalue weighted by Gasteiger charge is -2.09. The first-order chi connectivity index (χ1) is 34.2. The van der Waals surface area contributed by atoms with Crippen molar-refractivity contribution in [1.29, 1.82) is 0 Å². The predicted octanol–water partition coefficient (Wildman–Crippen LogP) is 10.2. The van der Waals surface area contributed by atoms with Crippen LogP contribution in [0.25, 0.3) is 12.2 Å². The number of cyclic esters (lactones) is 1. The van der Waals surface area contributed by atoms with E-state index in [1.165, 1.54) is 95.6 Å². The van der Waals surface area contributed by atoms with Gasteiger partial charge in [0.2, 0.25) is 0 Å². The fourth-order valence-corrected chi connectivity index (χ4v) is 6.21. The Morgan fingerprint density at radius 1 is 0.704 bits per heavy atom. The van der Waals surface area contributed by atoms with Crippen molar-refractivity contribution >= 4 is 30.4 Å². The molecule has 0 aliphatic carbocycles. The van der Waals surface area contributed by atoms with Crippen LogP contribution in [0, 0.1) is 23.7 Å². The van der Waals surface area contributed by atoms with Crippen molar-refractivity contribution in [2.24, 2.45) is 0 Å². The summed E-state index contributed by atoms with van der Waals surface area (Å²) < 4.78 is 25.1. The number of benzene rings is 4. The molecule has 14 heteroatoms. The van der Waals surface area contributed by atoms with Gasteiger partial charge >= 0.3 is 11.9 Å². The van der Waals surface area contributed by atoms with Crippen molar-refractivity contribution in [1.82, 2.24) is 0 Å². The SMILES string of the molecule is C=CC(O)C#CC#CC(O)/C=C\CCCCCCC.CCCCC1OC(=O)c2c(O)cccc21.COc1cc(/C=C/COC(=O)/C=C/c2ccc(O)c(OC)c2)ccc1O.COc1cc(C=O)ccc1O. The number of aliphatic hydroxyl groups excluding tert-OH is 2. The number of aldehydes is 1. The summed E-state index contributed by atoms with van der Waals surface area (Å²) >= 11 is 0. The lowest BCUT2D eigenvalue weighted by atomic mass is 10.0. The third-order valence-electron chi connectivity index (χ3n) is 10.0. The van der Waals surface area contributed by atoms with E-state index in [-0.39, 0.29) is 35.7 Å². The Labute approximate surface area is 417 Å². The van der Waals surface area contributed by atoms with E-state index in [9.17, 15) is 34.8 Å². The number of rotatable bonds is 20. The van der Waals surface area contributed by atoms with Crippen molar-refractivity contribution < 1.29 is 68.7 Å². The first-order valence-corrected chi connectivity index (χ1v) is 23.0. The van der Waals surface area contributed by atoms with Gasteiger partial charge in [-0.25, -0.2) is 9.59 Å². The number of phenolic OH excluding ortho intramolecular Hbond substituents is 4. The first kappa shape index (κ1) is 59.2. The minimum Gasteiger partial charge on any atom is -0.507 e. The van der Waals surface area contributed by atoms with Crippen LogP contribution in [0.4, 0.5) is 0 Å². The Morgan fingerprint density at radius 2 is 1.25 bits per heavy atom. The van der Waals surface area contributed by atoms with Crippen LogP contribution >= 0.6 is 0 Å². The van der Waals surface area contributed by atoms with Crippen LogP contribution in [0.1, 0.15) is 115 Å². The number of hydrogen-bond acceptors (Lipinski definition) is 14. The van der Waals surface area contributed by atoms with Crippen LogP contribution in [-0.2, 0) is 14.3 Å². The summed E-state index contributed by atoms with van der Waals surface area (Å²) in [5.41, 5.74) is 3.16. The highest BCUT2D eigenvalue weighted by Gasteiger charge is 2.32. The molecule has 4 aromatic carbocycles. The molecule has 4 aromatic rings. The smallest absolute Gasteiger partial charge is 0.342 e. The molecule has 5 rings (SSSR count). The molecule has 3 atom stereocenters.